The average Bonchev–Trinajstić information content (AvgIpc) is 2.24. The zero-order valence-corrected chi connectivity index (χ0v) is 9.62. The first-order valence-electron chi connectivity index (χ1n) is 5.54. The van der Waals surface area contributed by atoms with E-state index in [-0.39, 0.29) is 18.1 Å². The van der Waals surface area contributed by atoms with Gasteiger partial charge in [-0.15, -0.1) is 0 Å². The van der Waals surface area contributed by atoms with E-state index in [2.05, 4.69) is 11.8 Å². The van der Waals surface area contributed by atoms with Gasteiger partial charge in [0.15, 0.2) is 0 Å². The summed E-state index contributed by atoms with van der Waals surface area (Å²) in [5.41, 5.74) is 6.47. The molecule has 0 amide bonds. The Kier molecular flexibility index (Phi) is 5.22. The van der Waals surface area contributed by atoms with Crippen molar-refractivity contribution in [1.82, 2.24) is 4.90 Å². The van der Waals surface area contributed by atoms with E-state index in [0.717, 1.165) is 18.5 Å². The normalized spacial score (nSPS) is 11.0. The van der Waals surface area contributed by atoms with Crippen molar-refractivity contribution in [2.75, 3.05) is 25.4 Å². The number of nitrogens with two attached hydrogens (primary N) is 1. The highest BCUT2D eigenvalue weighted by Crippen LogP contribution is 2.13. The average molecular weight is 226 g/mol. The summed E-state index contributed by atoms with van der Waals surface area (Å²) in [6.07, 6.45) is 1.01. The summed E-state index contributed by atoms with van der Waals surface area (Å²) in [6, 6.07) is 4.85. The first kappa shape index (κ1) is 12.9. The van der Waals surface area contributed by atoms with Gasteiger partial charge < -0.3 is 10.8 Å². The lowest BCUT2D eigenvalue weighted by molar-refractivity contribution is 0.190. The maximum absolute atomic E-state index is 13.2. The van der Waals surface area contributed by atoms with E-state index in [1.54, 1.807) is 6.07 Å². The molecule has 4 heteroatoms. The Hall–Kier alpha value is -1.13. The van der Waals surface area contributed by atoms with Crippen molar-refractivity contribution >= 4 is 5.69 Å². The fourth-order valence-electron chi connectivity index (χ4n) is 1.65. The number of nitrogen functional groups attached to an aromatic ring is 1. The molecule has 0 heterocycles. The molecule has 0 saturated heterocycles. The summed E-state index contributed by atoms with van der Waals surface area (Å²) in [5.74, 6) is -0.377. The molecule has 0 atom stereocenters. The second-order valence-electron chi connectivity index (χ2n) is 3.86. The van der Waals surface area contributed by atoms with Gasteiger partial charge in [-0.1, -0.05) is 13.0 Å². The van der Waals surface area contributed by atoms with Crippen LogP contribution in [0.25, 0.3) is 0 Å². The van der Waals surface area contributed by atoms with Crippen molar-refractivity contribution in [3.05, 3.63) is 29.6 Å². The van der Waals surface area contributed by atoms with Gasteiger partial charge in [0, 0.05) is 13.1 Å². The number of benzene rings is 1. The molecule has 1 aromatic rings. The molecule has 16 heavy (non-hydrogen) atoms. The Bertz CT molecular complexity index is 325. The quantitative estimate of drug-likeness (QED) is 0.725. The van der Waals surface area contributed by atoms with Crippen LogP contribution in [0.1, 0.15) is 18.9 Å². The maximum Gasteiger partial charge on any atom is 0.146 e. The Morgan fingerprint density at radius 2 is 2.12 bits per heavy atom. The summed E-state index contributed by atoms with van der Waals surface area (Å²) in [7, 11) is 0. The number of hydrogen-bond donors (Lipinski definition) is 2. The van der Waals surface area contributed by atoms with E-state index in [4.69, 9.17) is 10.8 Å². The van der Waals surface area contributed by atoms with E-state index in [1.807, 2.05) is 6.07 Å². The van der Waals surface area contributed by atoms with Gasteiger partial charge in [-0.05, 0) is 30.7 Å². The molecule has 0 bridgehead atoms. The molecule has 1 aromatic carbocycles. The van der Waals surface area contributed by atoms with Gasteiger partial charge in [-0.3, -0.25) is 4.90 Å². The fraction of sp³-hybridized carbons (Fsp3) is 0.500. The third-order valence-electron chi connectivity index (χ3n) is 2.43. The van der Waals surface area contributed by atoms with Gasteiger partial charge in [0.2, 0.25) is 0 Å². The standard InChI is InChI=1S/C12H19FN2O/c1-2-5-15(6-7-16)9-10-3-4-12(14)11(13)8-10/h3-4,8,16H,2,5-7,9,14H2,1H3. The number of hydrogen-bond acceptors (Lipinski definition) is 3. The second kappa shape index (κ2) is 6.45. The van der Waals surface area contributed by atoms with Crippen LogP contribution in [-0.2, 0) is 6.54 Å². The topological polar surface area (TPSA) is 49.5 Å². The SMILES string of the molecule is CCCN(CCO)Cc1ccc(N)c(F)c1. The van der Waals surface area contributed by atoms with E-state index >= 15 is 0 Å². The second-order valence-corrected chi connectivity index (χ2v) is 3.86. The van der Waals surface area contributed by atoms with Gasteiger partial charge in [-0.25, -0.2) is 4.39 Å². The van der Waals surface area contributed by atoms with E-state index in [0.29, 0.717) is 13.1 Å². The third kappa shape index (κ3) is 3.79. The van der Waals surface area contributed by atoms with Crippen LogP contribution in [0.2, 0.25) is 0 Å². The molecule has 0 fully saturated rings. The predicted molar refractivity (Wildman–Crippen MR) is 63.5 cm³/mol. The minimum absolute atomic E-state index is 0.122. The van der Waals surface area contributed by atoms with E-state index < -0.39 is 0 Å². The smallest absolute Gasteiger partial charge is 0.146 e. The molecule has 0 aliphatic rings. The molecule has 0 aromatic heterocycles. The highest BCUT2D eigenvalue weighted by Gasteiger charge is 2.06. The minimum atomic E-state index is -0.377. The summed E-state index contributed by atoms with van der Waals surface area (Å²) in [4.78, 5) is 2.09. The van der Waals surface area contributed by atoms with Crippen LogP contribution in [0.15, 0.2) is 18.2 Å². The van der Waals surface area contributed by atoms with E-state index in [1.165, 1.54) is 6.07 Å². The molecule has 0 saturated carbocycles. The Morgan fingerprint density at radius 1 is 1.38 bits per heavy atom. The van der Waals surface area contributed by atoms with Gasteiger partial charge in [0.05, 0.1) is 12.3 Å². The van der Waals surface area contributed by atoms with Gasteiger partial charge >= 0.3 is 0 Å². The first-order chi connectivity index (χ1) is 7.67. The molecule has 0 radical (unpaired) electrons. The monoisotopic (exact) mass is 226 g/mol. The molecule has 0 unspecified atom stereocenters. The van der Waals surface area contributed by atoms with Crippen LogP contribution in [-0.4, -0.2) is 29.7 Å². The highest BCUT2D eigenvalue weighted by molar-refractivity contribution is 5.41. The minimum Gasteiger partial charge on any atom is -0.396 e. The number of aliphatic hydroxyl groups excluding tert-OH is 1. The van der Waals surface area contributed by atoms with Crippen molar-refractivity contribution in [3.63, 3.8) is 0 Å². The Morgan fingerprint density at radius 3 is 2.69 bits per heavy atom. The number of aliphatic hydroxyl groups is 1. The molecular formula is C12H19FN2O. The van der Waals surface area contributed by atoms with Crippen molar-refractivity contribution in [2.24, 2.45) is 0 Å². The summed E-state index contributed by atoms with van der Waals surface area (Å²) in [5, 5.41) is 8.90. The molecule has 1 rings (SSSR count). The van der Waals surface area contributed by atoms with Gasteiger partial charge in [0.25, 0.3) is 0 Å². The zero-order chi connectivity index (χ0) is 12.0. The van der Waals surface area contributed by atoms with Crippen LogP contribution in [0.3, 0.4) is 0 Å². The Balaban J connectivity index is 2.65. The van der Waals surface area contributed by atoms with Crippen molar-refractivity contribution in [1.29, 1.82) is 0 Å². The number of halogens is 1. The van der Waals surface area contributed by atoms with Crippen LogP contribution in [0, 0.1) is 5.82 Å². The van der Waals surface area contributed by atoms with Crippen LogP contribution in [0.5, 0.6) is 0 Å². The zero-order valence-electron chi connectivity index (χ0n) is 9.62. The summed E-state index contributed by atoms with van der Waals surface area (Å²) >= 11 is 0. The lowest BCUT2D eigenvalue weighted by atomic mass is 10.2. The highest BCUT2D eigenvalue weighted by atomic mass is 19.1. The van der Waals surface area contributed by atoms with Crippen molar-refractivity contribution in [2.45, 2.75) is 19.9 Å². The Labute approximate surface area is 95.7 Å². The lowest BCUT2D eigenvalue weighted by Crippen LogP contribution is -2.27. The molecule has 0 aliphatic carbocycles. The predicted octanol–water partition coefficient (Wildman–Crippen LogP) is 1.61. The summed E-state index contributed by atoms with van der Waals surface area (Å²) in [6.45, 7) is 4.35. The molecule has 0 aliphatic heterocycles. The number of nitrogens with zero attached hydrogens (tertiary/aromatic N) is 1. The van der Waals surface area contributed by atoms with Crippen molar-refractivity contribution < 1.29 is 9.50 Å². The summed E-state index contributed by atoms with van der Waals surface area (Å²) < 4.78 is 13.2. The van der Waals surface area contributed by atoms with Crippen molar-refractivity contribution in [3.8, 4) is 0 Å². The fourth-order valence-corrected chi connectivity index (χ4v) is 1.65. The van der Waals surface area contributed by atoms with Crippen LogP contribution in [0.4, 0.5) is 10.1 Å². The number of rotatable bonds is 6. The first-order valence-corrected chi connectivity index (χ1v) is 5.54. The molecule has 3 N–H and O–H groups in total. The molecule has 0 spiro atoms. The third-order valence-corrected chi connectivity index (χ3v) is 2.43. The maximum atomic E-state index is 13.2. The van der Waals surface area contributed by atoms with E-state index in [9.17, 15) is 4.39 Å². The van der Waals surface area contributed by atoms with Gasteiger partial charge in [-0.2, -0.15) is 0 Å². The van der Waals surface area contributed by atoms with Crippen LogP contribution >= 0.6 is 0 Å². The van der Waals surface area contributed by atoms with Crippen LogP contribution < -0.4 is 5.73 Å². The largest absolute Gasteiger partial charge is 0.396 e. The number of anilines is 1. The molecule has 3 nitrogen and oxygen atoms in total. The molecule has 90 valence electrons. The molecular weight excluding hydrogens is 207 g/mol. The van der Waals surface area contributed by atoms with Gasteiger partial charge in [0.1, 0.15) is 5.82 Å². The lowest BCUT2D eigenvalue weighted by Gasteiger charge is -2.20.